The van der Waals surface area contributed by atoms with Crippen molar-refractivity contribution in [3.05, 3.63) is 33.8 Å². The monoisotopic (exact) mass is 346 g/mol. The number of carbonyl (C=O) groups excluding carboxylic acids is 1. The molecule has 0 bridgehead atoms. The van der Waals surface area contributed by atoms with Crippen LogP contribution in [0, 0.1) is 0 Å². The van der Waals surface area contributed by atoms with Gasteiger partial charge in [0.1, 0.15) is 0 Å². The molecule has 0 aromatic heterocycles. The summed E-state index contributed by atoms with van der Waals surface area (Å²) in [6.45, 7) is 3.91. The molecule has 0 aliphatic heterocycles. The number of rotatable bonds is 6. The molecule has 1 amide bonds. The van der Waals surface area contributed by atoms with E-state index in [0.29, 0.717) is 28.8 Å². The summed E-state index contributed by atoms with van der Waals surface area (Å²) in [4.78, 5) is 17.8. The van der Waals surface area contributed by atoms with Crippen molar-refractivity contribution in [2.24, 2.45) is 4.99 Å². The molecule has 1 aromatic rings. The van der Waals surface area contributed by atoms with Gasteiger partial charge in [0, 0.05) is 5.56 Å². The Bertz CT molecular complexity index is 534. The van der Waals surface area contributed by atoms with E-state index in [4.69, 9.17) is 27.9 Å². The first-order valence-electron chi connectivity index (χ1n) is 7.16. The third-order valence-electron chi connectivity index (χ3n) is 2.71. The number of amidine groups is 1. The quantitative estimate of drug-likeness (QED) is 0.607. The van der Waals surface area contributed by atoms with Crippen LogP contribution in [0.3, 0.4) is 0 Å². The number of likely N-dealkylation sites (N-methyl/N-ethyl adjacent to an activating group) is 1. The van der Waals surface area contributed by atoms with Gasteiger partial charge in [0.25, 0.3) is 11.9 Å². The maximum Gasteiger partial charge on any atom is 0.291 e. The molecule has 0 saturated carbocycles. The standard InChI is InChI=1S/C15H21Cl2N3O2/c1-4-9-22-15(18-7-8-20(2)3)19-14(21)11-5-6-12(16)13(17)10-11/h5-6,10H,4,7-9H2,1-3H3,(H,18,19,21)/p+1. The molecule has 0 spiro atoms. The number of quaternary nitrogens is 1. The minimum absolute atomic E-state index is 0.235. The lowest BCUT2D eigenvalue weighted by Gasteiger charge is -2.11. The number of hydrogen-bond donors (Lipinski definition) is 2. The zero-order valence-corrected chi connectivity index (χ0v) is 14.6. The second-order valence-electron chi connectivity index (χ2n) is 5.08. The highest BCUT2D eigenvalue weighted by molar-refractivity contribution is 6.42. The molecule has 0 aliphatic rings. The number of nitrogens with one attached hydrogen (secondary N) is 2. The van der Waals surface area contributed by atoms with Crippen LogP contribution in [0.1, 0.15) is 23.7 Å². The molecule has 0 aliphatic carbocycles. The number of halogens is 2. The minimum atomic E-state index is -0.328. The Hall–Kier alpha value is -1.30. The van der Waals surface area contributed by atoms with Crippen LogP contribution >= 0.6 is 23.2 Å². The summed E-state index contributed by atoms with van der Waals surface area (Å²) in [5.74, 6) is -0.328. The topological polar surface area (TPSA) is 55.1 Å². The molecule has 0 atom stereocenters. The average molecular weight is 347 g/mol. The van der Waals surface area contributed by atoms with Crippen molar-refractivity contribution in [1.29, 1.82) is 0 Å². The molecule has 1 aromatic carbocycles. The summed E-state index contributed by atoms with van der Waals surface area (Å²) in [5.41, 5.74) is 0.403. The second-order valence-corrected chi connectivity index (χ2v) is 5.89. The highest BCUT2D eigenvalue weighted by Gasteiger charge is 2.11. The summed E-state index contributed by atoms with van der Waals surface area (Å²) in [5, 5.41) is 3.40. The van der Waals surface area contributed by atoms with Crippen molar-refractivity contribution in [1.82, 2.24) is 5.32 Å². The van der Waals surface area contributed by atoms with Crippen molar-refractivity contribution in [2.75, 3.05) is 33.8 Å². The van der Waals surface area contributed by atoms with Gasteiger partial charge in [-0.1, -0.05) is 30.1 Å². The highest BCUT2D eigenvalue weighted by Crippen LogP contribution is 2.22. The summed E-state index contributed by atoms with van der Waals surface area (Å²) < 4.78 is 5.47. The lowest BCUT2D eigenvalue weighted by atomic mass is 10.2. The predicted octanol–water partition coefficient (Wildman–Crippen LogP) is 1.65. The van der Waals surface area contributed by atoms with Gasteiger partial charge in [-0.05, 0) is 24.6 Å². The van der Waals surface area contributed by atoms with Gasteiger partial charge in [0.15, 0.2) is 0 Å². The SMILES string of the molecule is CCCOC(=NCC[NH+](C)C)NC(=O)c1ccc(Cl)c(Cl)c1. The lowest BCUT2D eigenvalue weighted by Crippen LogP contribution is -3.06. The van der Waals surface area contributed by atoms with Crippen LogP contribution in [0.5, 0.6) is 0 Å². The average Bonchev–Trinajstić information content (AvgIpc) is 2.46. The Morgan fingerprint density at radius 1 is 1.32 bits per heavy atom. The fourth-order valence-electron chi connectivity index (χ4n) is 1.51. The Morgan fingerprint density at radius 3 is 2.64 bits per heavy atom. The fraction of sp³-hybridized carbons (Fsp3) is 0.467. The van der Waals surface area contributed by atoms with E-state index in [1.807, 2.05) is 21.0 Å². The molecular weight excluding hydrogens is 325 g/mol. The van der Waals surface area contributed by atoms with E-state index in [1.165, 1.54) is 11.0 Å². The molecule has 5 nitrogen and oxygen atoms in total. The molecule has 22 heavy (non-hydrogen) atoms. The van der Waals surface area contributed by atoms with Crippen LogP contribution in [-0.2, 0) is 4.74 Å². The maximum absolute atomic E-state index is 12.2. The van der Waals surface area contributed by atoms with Gasteiger partial charge in [-0.25, -0.2) is 4.99 Å². The van der Waals surface area contributed by atoms with Crippen LogP contribution in [0.15, 0.2) is 23.2 Å². The molecule has 7 heteroatoms. The molecule has 0 heterocycles. The Labute approximate surface area is 141 Å². The molecule has 0 fully saturated rings. The fourth-order valence-corrected chi connectivity index (χ4v) is 1.81. The second kappa shape index (κ2) is 9.66. The third-order valence-corrected chi connectivity index (χ3v) is 3.45. The number of ether oxygens (including phenoxy) is 1. The van der Waals surface area contributed by atoms with Gasteiger partial charge in [-0.3, -0.25) is 10.1 Å². The summed E-state index contributed by atoms with van der Waals surface area (Å²) in [6.07, 6.45) is 0.834. The van der Waals surface area contributed by atoms with Gasteiger partial charge in [-0.15, -0.1) is 0 Å². The minimum Gasteiger partial charge on any atom is -0.465 e. The van der Waals surface area contributed by atoms with Gasteiger partial charge in [-0.2, -0.15) is 0 Å². The van der Waals surface area contributed by atoms with Crippen molar-refractivity contribution in [3.8, 4) is 0 Å². The van der Waals surface area contributed by atoms with E-state index in [1.54, 1.807) is 12.1 Å². The molecule has 0 unspecified atom stereocenters. The number of nitrogens with zero attached hydrogens (tertiary/aromatic N) is 1. The van der Waals surface area contributed by atoms with Crippen LogP contribution in [-0.4, -0.2) is 45.7 Å². The van der Waals surface area contributed by atoms with Crippen LogP contribution in [0.25, 0.3) is 0 Å². The van der Waals surface area contributed by atoms with Crippen molar-refractivity contribution in [3.63, 3.8) is 0 Å². The van der Waals surface area contributed by atoms with Crippen molar-refractivity contribution < 1.29 is 14.4 Å². The molecule has 2 N–H and O–H groups in total. The molecule has 122 valence electrons. The Kier molecular flexibility index (Phi) is 8.24. The van der Waals surface area contributed by atoms with Gasteiger partial charge in [0.05, 0.1) is 43.8 Å². The first-order chi connectivity index (χ1) is 10.4. The molecule has 0 saturated heterocycles. The van der Waals surface area contributed by atoms with Crippen LogP contribution < -0.4 is 10.2 Å². The highest BCUT2D eigenvalue weighted by atomic mass is 35.5. The smallest absolute Gasteiger partial charge is 0.291 e. The zero-order chi connectivity index (χ0) is 16.5. The van der Waals surface area contributed by atoms with Crippen LogP contribution in [0.2, 0.25) is 10.0 Å². The number of hydrogen-bond acceptors (Lipinski definition) is 3. The van der Waals surface area contributed by atoms with Crippen molar-refractivity contribution >= 4 is 35.1 Å². The van der Waals surface area contributed by atoms with E-state index in [0.717, 1.165) is 13.0 Å². The molecule has 1 rings (SSSR count). The first-order valence-corrected chi connectivity index (χ1v) is 7.92. The Balaban J connectivity index is 2.74. The lowest BCUT2D eigenvalue weighted by molar-refractivity contribution is -0.856. The number of carbonyl (C=O) groups is 1. The number of benzene rings is 1. The largest absolute Gasteiger partial charge is 0.465 e. The molecular formula is C15H22Cl2N3O2+. The maximum atomic E-state index is 12.2. The van der Waals surface area contributed by atoms with E-state index in [-0.39, 0.29) is 11.9 Å². The van der Waals surface area contributed by atoms with Crippen molar-refractivity contribution in [2.45, 2.75) is 13.3 Å². The first kappa shape index (κ1) is 18.7. The number of aliphatic imine (C=N–C) groups is 1. The van der Waals surface area contributed by atoms with E-state index < -0.39 is 0 Å². The summed E-state index contributed by atoms with van der Waals surface area (Å²) >= 11 is 11.8. The van der Waals surface area contributed by atoms with Crippen LogP contribution in [0.4, 0.5) is 0 Å². The third kappa shape index (κ3) is 6.64. The normalized spacial score (nSPS) is 11.6. The van der Waals surface area contributed by atoms with E-state index in [9.17, 15) is 4.79 Å². The van der Waals surface area contributed by atoms with E-state index >= 15 is 0 Å². The van der Waals surface area contributed by atoms with Gasteiger partial charge >= 0.3 is 0 Å². The van der Waals surface area contributed by atoms with Gasteiger partial charge in [0.2, 0.25) is 0 Å². The number of amides is 1. The summed E-state index contributed by atoms with van der Waals surface area (Å²) in [7, 11) is 4.08. The predicted molar refractivity (Wildman–Crippen MR) is 90.2 cm³/mol. The van der Waals surface area contributed by atoms with Gasteiger partial charge < -0.3 is 9.64 Å². The van der Waals surface area contributed by atoms with E-state index in [2.05, 4.69) is 10.3 Å². The summed E-state index contributed by atoms with van der Waals surface area (Å²) in [6, 6.07) is 4.93. The zero-order valence-electron chi connectivity index (χ0n) is 13.1. The molecule has 0 radical (unpaired) electrons. The Morgan fingerprint density at radius 2 is 2.05 bits per heavy atom.